The first kappa shape index (κ1) is 15.5. The van der Waals surface area contributed by atoms with Crippen LogP contribution in [-0.2, 0) is 17.8 Å². The summed E-state index contributed by atoms with van der Waals surface area (Å²) in [7, 11) is 0. The molecule has 0 aliphatic rings. The number of rotatable bonds is 7. The highest BCUT2D eigenvalue weighted by Crippen LogP contribution is 2.18. The van der Waals surface area contributed by atoms with Gasteiger partial charge < -0.3 is 10.8 Å². The number of carboxylic acid groups (broad SMARTS) is 1. The van der Waals surface area contributed by atoms with E-state index < -0.39 is 12.0 Å². The predicted octanol–water partition coefficient (Wildman–Crippen LogP) is 1.33. The highest BCUT2D eigenvalue weighted by atomic mass is 32.2. The Morgan fingerprint density at radius 3 is 2.81 bits per heavy atom. The normalized spacial score (nSPS) is 12.3. The van der Waals surface area contributed by atoms with Crippen molar-refractivity contribution in [3.8, 4) is 0 Å². The molecule has 0 spiro atoms. The molecule has 6 nitrogen and oxygen atoms in total. The molecule has 0 amide bonds. The highest BCUT2D eigenvalue weighted by Gasteiger charge is 2.14. The van der Waals surface area contributed by atoms with Crippen LogP contribution in [0.5, 0.6) is 0 Å². The van der Waals surface area contributed by atoms with Crippen molar-refractivity contribution in [1.29, 1.82) is 0 Å². The molecule has 1 heterocycles. The molecule has 2 rings (SSSR count). The van der Waals surface area contributed by atoms with Crippen LogP contribution in [0.15, 0.2) is 35.4 Å². The zero-order valence-electron chi connectivity index (χ0n) is 11.8. The Morgan fingerprint density at radius 1 is 1.43 bits per heavy atom. The minimum absolute atomic E-state index is 0.195. The lowest BCUT2D eigenvalue weighted by Crippen LogP contribution is -2.32. The average Bonchev–Trinajstić information content (AvgIpc) is 2.88. The van der Waals surface area contributed by atoms with E-state index in [-0.39, 0.29) is 6.42 Å². The molecule has 1 atom stereocenters. The molecule has 21 heavy (non-hydrogen) atoms. The van der Waals surface area contributed by atoms with Crippen molar-refractivity contribution in [2.45, 2.75) is 30.8 Å². The maximum atomic E-state index is 10.7. The van der Waals surface area contributed by atoms with E-state index in [1.807, 2.05) is 0 Å². The summed E-state index contributed by atoms with van der Waals surface area (Å²) in [6, 6.07) is 7.43. The van der Waals surface area contributed by atoms with Crippen LogP contribution in [0.25, 0.3) is 0 Å². The lowest BCUT2D eigenvalue weighted by atomic mass is 10.2. The predicted molar refractivity (Wildman–Crippen MR) is 81.2 cm³/mol. The molecule has 1 unspecified atom stereocenters. The first-order chi connectivity index (χ1) is 10.0. The van der Waals surface area contributed by atoms with Crippen molar-refractivity contribution < 1.29 is 9.90 Å². The number of nitrogens with two attached hydrogens (primary N) is 1. The number of carbonyl (C=O) groups is 1. The van der Waals surface area contributed by atoms with Crippen LogP contribution in [-0.4, -0.2) is 37.9 Å². The second-order valence-electron chi connectivity index (χ2n) is 4.78. The SMILES string of the molecule is Cc1ccc(SCCn2cc(CC(N)C(=O)O)nn2)cc1. The second-order valence-corrected chi connectivity index (χ2v) is 5.95. The molecule has 0 bridgehead atoms. The summed E-state index contributed by atoms with van der Waals surface area (Å²) < 4.78 is 1.71. The van der Waals surface area contributed by atoms with E-state index in [1.165, 1.54) is 10.5 Å². The van der Waals surface area contributed by atoms with Gasteiger partial charge in [0.1, 0.15) is 6.04 Å². The minimum atomic E-state index is -1.03. The maximum Gasteiger partial charge on any atom is 0.320 e. The largest absolute Gasteiger partial charge is 0.480 e. The number of thioether (sulfide) groups is 1. The lowest BCUT2D eigenvalue weighted by molar-refractivity contribution is -0.138. The molecule has 1 aromatic carbocycles. The van der Waals surface area contributed by atoms with Crippen molar-refractivity contribution in [2.75, 3.05) is 5.75 Å². The van der Waals surface area contributed by atoms with Crippen LogP contribution in [0.4, 0.5) is 0 Å². The Balaban J connectivity index is 1.80. The quantitative estimate of drug-likeness (QED) is 0.750. The second kappa shape index (κ2) is 7.24. The topological polar surface area (TPSA) is 94.0 Å². The number of hydrogen-bond donors (Lipinski definition) is 2. The van der Waals surface area contributed by atoms with E-state index in [2.05, 4.69) is 41.5 Å². The van der Waals surface area contributed by atoms with Gasteiger partial charge in [-0.1, -0.05) is 22.9 Å². The van der Waals surface area contributed by atoms with Crippen molar-refractivity contribution in [1.82, 2.24) is 15.0 Å². The van der Waals surface area contributed by atoms with Crippen LogP contribution in [0.2, 0.25) is 0 Å². The van der Waals surface area contributed by atoms with Crippen molar-refractivity contribution in [3.63, 3.8) is 0 Å². The van der Waals surface area contributed by atoms with Gasteiger partial charge in [0.25, 0.3) is 0 Å². The van der Waals surface area contributed by atoms with Gasteiger partial charge in [-0.3, -0.25) is 9.48 Å². The number of nitrogens with zero attached hydrogens (tertiary/aromatic N) is 3. The van der Waals surface area contributed by atoms with Crippen LogP contribution in [0.1, 0.15) is 11.3 Å². The van der Waals surface area contributed by atoms with Gasteiger partial charge in [-0.25, -0.2) is 0 Å². The number of aromatic nitrogens is 3. The molecule has 0 aliphatic carbocycles. The summed E-state index contributed by atoms with van der Waals surface area (Å²) in [5.41, 5.74) is 7.31. The van der Waals surface area contributed by atoms with E-state index in [9.17, 15) is 4.79 Å². The summed E-state index contributed by atoms with van der Waals surface area (Å²) in [6.45, 7) is 2.78. The standard InChI is InChI=1S/C14H18N4O2S/c1-10-2-4-12(5-3-10)21-7-6-18-9-11(16-17-18)8-13(15)14(19)20/h2-5,9,13H,6-8,15H2,1H3,(H,19,20). The maximum absolute atomic E-state index is 10.7. The smallest absolute Gasteiger partial charge is 0.320 e. The zero-order valence-corrected chi connectivity index (χ0v) is 12.6. The Bertz CT molecular complexity index is 597. The van der Waals surface area contributed by atoms with Crippen LogP contribution in [0, 0.1) is 6.92 Å². The summed E-state index contributed by atoms with van der Waals surface area (Å²) in [5, 5.41) is 16.7. The fourth-order valence-corrected chi connectivity index (χ4v) is 2.59. The lowest BCUT2D eigenvalue weighted by Gasteiger charge is -2.03. The van der Waals surface area contributed by atoms with Gasteiger partial charge in [0.05, 0.1) is 12.2 Å². The Labute approximate surface area is 127 Å². The summed E-state index contributed by atoms with van der Waals surface area (Å²) in [6.07, 6.45) is 1.94. The molecule has 0 radical (unpaired) electrons. The van der Waals surface area contributed by atoms with E-state index in [0.717, 1.165) is 5.75 Å². The first-order valence-corrected chi connectivity index (χ1v) is 7.60. The van der Waals surface area contributed by atoms with Crippen LogP contribution in [0.3, 0.4) is 0 Å². The fourth-order valence-electron chi connectivity index (χ4n) is 1.75. The third-order valence-electron chi connectivity index (χ3n) is 2.94. The van der Waals surface area contributed by atoms with Crippen LogP contribution < -0.4 is 5.73 Å². The summed E-state index contributed by atoms with van der Waals surface area (Å²) in [5.74, 6) is -0.156. The number of benzene rings is 1. The fraction of sp³-hybridized carbons (Fsp3) is 0.357. The molecular weight excluding hydrogens is 288 g/mol. The van der Waals surface area contributed by atoms with E-state index in [1.54, 1.807) is 22.6 Å². The van der Waals surface area contributed by atoms with Gasteiger partial charge in [-0.2, -0.15) is 0 Å². The van der Waals surface area contributed by atoms with E-state index in [4.69, 9.17) is 10.8 Å². The van der Waals surface area contributed by atoms with Crippen molar-refractivity contribution >= 4 is 17.7 Å². The van der Waals surface area contributed by atoms with E-state index in [0.29, 0.717) is 12.2 Å². The number of aliphatic carboxylic acids is 1. The zero-order chi connectivity index (χ0) is 15.2. The molecule has 0 fully saturated rings. The Kier molecular flexibility index (Phi) is 5.35. The summed E-state index contributed by atoms with van der Waals surface area (Å²) >= 11 is 1.74. The van der Waals surface area contributed by atoms with Gasteiger partial charge in [0.2, 0.25) is 0 Å². The molecule has 7 heteroatoms. The molecule has 1 aromatic heterocycles. The summed E-state index contributed by atoms with van der Waals surface area (Å²) in [4.78, 5) is 11.9. The number of aryl methyl sites for hydroxylation is 2. The van der Waals surface area contributed by atoms with Crippen molar-refractivity contribution in [3.05, 3.63) is 41.7 Å². The van der Waals surface area contributed by atoms with Gasteiger partial charge in [-0.05, 0) is 19.1 Å². The Morgan fingerprint density at radius 2 is 2.14 bits per heavy atom. The monoisotopic (exact) mass is 306 g/mol. The van der Waals surface area contributed by atoms with Gasteiger partial charge in [0.15, 0.2) is 0 Å². The highest BCUT2D eigenvalue weighted by molar-refractivity contribution is 7.99. The molecule has 3 N–H and O–H groups in total. The van der Waals surface area contributed by atoms with Gasteiger partial charge in [0, 0.05) is 23.3 Å². The van der Waals surface area contributed by atoms with Gasteiger partial charge in [-0.15, -0.1) is 16.9 Å². The van der Waals surface area contributed by atoms with E-state index >= 15 is 0 Å². The molecular formula is C14H18N4O2S. The van der Waals surface area contributed by atoms with Gasteiger partial charge >= 0.3 is 5.97 Å². The number of carboxylic acids is 1. The Hall–Kier alpha value is -1.86. The molecule has 0 saturated carbocycles. The molecule has 0 saturated heterocycles. The third-order valence-corrected chi connectivity index (χ3v) is 3.93. The first-order valence-electron chi connectivity index (χ1n) is 6.61. The number of hydrogen-bond acceptors (Lipinski definition) is 5. The molecule has 0 aliphatic heterocycles. The molecule has 112 valence electrons. The van der Waals surface area contributed by atoms with Crippen molar-refractivity contribution in [2.24, 2.45) is 5.73 Å². The average molecular weight is 306 g/mol. The minimum Gasteiger partial charge on any atom is -0.480 e. The third kappa shape index (κ3) is 4.87. The van der Waals surface area contributed by atoms with Crippen LogP contribution >= 0.6 is 11.8 Å². The molecule has 2 aromatic rings.